The average molecular weight is 463 g/mol. The third kappa shape index (κ3) is 3.87. The molecule has 0 saturated heterocycles. The van der Waals surface area contributed by atoms with Crippen LogP contribution in [0.1, 0.15) is 13.3 Å². The molecule has 9 nitrogen and oxygen atoms in total. The van der Waals surface area contributed by atoms with Gasteiger partial charge in [0.2, 0.25) is 0 Å². The molecule has 0 radical (unpaired) electrons. The number of fused-ring (bicyclic) bond motifs is 2. The Labute approximate surface area is 200 Å². The summed E-state index contributed by atoms with van der Waals surface area (Å²) in [4.78, 5) is 21.4. The molecule has 0 amide bonds. The van der Waals surface area contributed by atoms with Gasteiger partial charge in [0, 0.05) is 41.5 Å². The molecule has 1 aromatic carbocycles. The lowest BCUT2D eigenvalue weighted by Crippen LogP contribution is -2.17. The molecule has 9 heteroatoms. The van der Waals surface area contributed by atoms with Gasteiger partial charge in [0.1, 0.15) is 17.7 Å². The minimum Gasteiger partial charge on any atom is -0.374 e. The highest BCUT2D eigenvalue weighted by Gasteiger charge is 2.16. The zero-order chi connectivity index (χ0) is 23.8. The number of hydrogen-bond acceptors (Lipinski definition) is 7. The molecule has 6 rings (SSSR count). The average Bonchev–Trinajstić information content (AvgIpc) is 3.53. The summed E-state index contributed by atoms with van der Waals surface area (Å²) in [6.07, 6.45) is 7.07. The van der Waals surface area contributed by atoms with Crippen molar-refractivity contribution in [3.05, 3.63) is 73.3 Å². The van der Waals surface area contributed by atoms with Gasteiger partial charge in [-0.1, -0.05) is 19.1 Å². The SMILES string of the molecule is CCC(O)Nc1ccc(-c2cnc3n[nH]c(-c4nc5c(-c6ccncc6)cccc5[nH]4)c3c2)cn1. The molecule has 1 unspecified atom stereocenters. The molecule has 0 aliphatic rings. The van der Waals surface area contributed by atoms with Crippen molar-refractivity contribution in [1.29, 1.82) is 0 Å². The number of H-pyrrole nitrogens is 2. The van der Waals surface area contributed by atoms with Crippen LogP contribution in [-0.4, -0.2) is 46.5 Å². The van der Waals surface area contributed by atoms with E-state index in [1.165, 1.54) is 0 Å². The van der Waals surface area contributed by atoms with E-state index in [4.69, 9.17) is 4.98 Å². The Morgan fingerprint density at radius 1 is 0.971 bits per heavy atom. The third-order valence-electron chi connectivity index (χ3n) is 5.95. The van der Waals surface area contributed by atoms with Gasteiger partial charge < -0.3 is 15.4 Å². The van der Waals surface area contributed by atoms with Crippen molar-refractivity contribution in [2.24, 2.45) is 0 Å². The highest BCUT2D eigenvalue weighted by molar-refractivity contribution is 5.97. The van der Waals surface area contributed by atoms with Gasteiger partial charge in [-0.2, -0.15) is 5.10 Å². The number of rotatable bonds is 6. The van der Waals surface area contributed by atoms with E-state index in [0.717, 1.165) is 44.4 Å². The second-order valence-corrected chi connectivity index (χ2v) is 8.22. The van der Waals surface area contributed by atoms with Gasteiger partial charge in [-0.25, -0.2) is 15.0 Å². The first-order chi connectivity index (χ1) is 17.2. The number of anilines is 1. The fourth-order valence-electron chi connectivity index (χ4n) is 4.08. The summed E-state index contributed by atoms with van der Waals surface area (Å²) in [7, 11) is 0. The minimum atomic E-state index is -0.622. The lowest BCUT2D eigenvalue weighted by molar-refractivity contribution is 0.199. The summed E-state index contributed by atoms with van der Waals surface area (Å²) >= 11 is 0. The number of nitrogens with one attached hydrogen (secondary N) is 3. The molecule has 1 atom stereocenters. The van der Waals surface area contributed by atoms with Crippen LogP contribution in [0.2, 0.25) is 0 Å². The van der Waals surface area contributed by atoms with E-state index in [9.17, 15) is 5.11 Å². The molecule has 0 aliphatic carbocycles. The number of benzene rings is 1. The number of pyridine rings is 3. The van der Waals surface area contributed by atoms with Crippen LogP contribution in [-0.2, 0) is 0 Å². The molecule has 0 aliphatic heterocycles. The number of imidazole rings is 1. The largest absolute Gasteiger partial charge is 0.374 e. The van der Waals surface area contributed by atoms with E-state index in [2.05, 4.69) is 41.5 Å². The van der Waals surface area contributed by atoms with Crippen LogP contribution in [0.15, 0.2) is 73.3 Å². The van der Waals surface area contributed by atoms with Crippen molar-refractivity contribution in [2.75, 3.05) is 5.32 Å². The molecule has 0 spiro atoms. The van der Waals surface area contributed by atoms with Crippen LogP contribution in [0, 0.1) is 0 Å². The zero-order valence-electron chi connectivity index (χ0n) is 18.9. The fourth-order valence-corrected chi connectivity index (χ4v) is 4.08. The molecule has 0 saturated carbocycles. The van der Waals surface area contributed by atoms with Gasteiger partial charge in [0.15, 0.2) is 11.5 Å². The second-order valence-electron chi connectivity index (χ2n) is 8.22. The monoisotopic (exact) mass is 462 g/mol. The van der Waals surface area contributed by atoms with Crippen molar-refractivity contribution in [2.45, 2.75) is 19.6 Å². The van der Waals surface area contributed by atoms with Crippen LogP contribution in [0.4, 0.5) is 5.82 Å². The van der Waals surface area contributed by atoms with Crippen molar-refractivity contribution in [1.82, 2.24) is 35.1 Å². The molecule has 172 valence electrons. The molecule has 4 N–H and O–H groups in total. The number of hydrogen-bond donors (Lipinski definition) is 4. The number of aromatic nitrogens is 7. The van der Waals surface area contributed by atoms with Crippen LogP contribution in [0.5, 0.6) is 0 Å². The lowest BCUT2D eigenvalue weighted by atomic mass is 10.1. The van der Waals surface area contributed by atoms with Crippen molar-refractivity contribution in [3.8, 4) is 33.8 Å². The van der Waals surface area contributed by atoms with E-state index in [1.807, 2.05) is 49.4 Å². The maximum atomic E-state index is 9.78. The quantitative estimate of drug-likeness (QED) is 0.263. The van der Waals surface area contributed by atoms with E-state index in [-0.39, 0.29) is 0 Å². The number of nitrogens with zero attached hydrogens (tertiary/aromatic N) is 5. The number of aliphatic hydroxyl groups is 1. The summed E-state index contributed by atoms with van der Waals surface area (Å²) in [5.74, 6) is 1.31. The summed E-state index contributed by atoms with van der Waals surface area (Å²) in [6.45, 7) is 1.90. The Bertz CT molecular complexity index is 1620. The Balaban J connectivity index is 1.39. The molecular weight excluding hydrogens is 440 g/mol. The number of aromatic amines is 2. The fraction of sp³-hybridized carbons (Fsp3) is 0.115. The Kier molecular flexibility index (Phi) is 5.16. The second kappa shape index (κ2) is 8.62. The predicted octanol–water partition coefficient (Wildman–Crippen LogP) is 4.77. The first-order valence-corrected chi connectivity index (χ1v) is 11.3. The first-order valence-electron chi connectivity index (χ1n) is 11.3. The molecule has 5 aromatic heterocycles. The van der Waals surface area contributed by atoms with Crippen molar-refractivity contribution in [3.63, 3.8) is 0 Å². The molecule has 6 aromatic rings. The molecule has 0 fully saturated rings. The van der Waals surface area contributed by atoms with Crippen molar-refractivity contribution < 1.29 is 5.11 Å². The predicted molar refractivity (Wildman–Crippen MR) is 135 cm³/mol. The highest BCUT2D eigenvalue weighted by atomic mass is 16.3. The van der Waals surface area contributed by atoms with E-state index < -0.39 is 6.23 Å². The smallest absolute Gasteiger partial charge is 0.181 e. The van der Waals surface area contributed by atoms with Gasteiger partial charge in [-0.15, -0.1) is 0 Å². The van der Waals surface area contributed by atoms with Gasteiger partial charge in [-0.05, 0) is 48.4 Å². The van der Waals surface area contributed by atoms with Crippen LogP contribution in [0.25, 0.3) is 55.8 Å². The standard InChI is InChI=1S/C26H22N8O/c1-2-22(35)31-21-7-6-16(13-28-21)17-12-19-24(33-34-25(19)29-14-17)26-30-20-5-3-4-18(23(20)32-26)15-8-10-27-11-9-15/h3-14,22,35H,2H2,1H3,(H,28,31)(H,30,32)(H,29,33,34). The summed E-state index contributed by atoms with van der Waals surface area (Å²) < 4.78 is 0. The minimum absolute atomic E-state index is 0.596. The Hall–Kier alpha value is -4.63. The number of para-hydroxylation sites is 1. The maximum absolute atomic E-state index is 9.78. The normalized spacial score (nSPS) is 12.3. The van der Waals surface area contributed by atoms with E-state index in [0.29, 0.717) is 23.7 Å². The maximum Gasteiger partial charge on any atom is 0.181 e. The van der Waals surface area contributed by atoms with Gasteiger partial charge in [0.05, 0.1) is 16.4 Å². The Morgan fingerprint density at radius 3 is 2.63 bits per heavy atom. The molecule has 5 heterocycles. The number of aliphatic hydroxyl groups excluding tert-OH is 1. The molecular formula is C26H22N8O. The van der Waals surface area contributed by atoms with Crippen molar-refractivity contribution >= 4 is 27.9 Å². The third-order valence-corrected chi connectivity index (χ3v) is 5.95. The first kappa shape index (κ1) is 20.9. The van der Waals surface area contributed by atoms with E-state index >= 15 is 0 Å². The van der Waals surface area contributed by atoms with E-state index in [1.54, 1.807) is 24.8 Å². The lowest BCUT2D eigenvalue weighted by Gasteiger charge is -2.11. The molecule has 0 bridgehead atoms. The van der Waals surface area contributed by atoms with Crippen LogP contribution < -0.4 is 5.32 Å². The Morgan fingerprint density at radius 2 is 1.83 bits per heavy atom. The van der Waals surface area contributed by atoms with Gasteiger partial charge in [0.25, 0.3) is 0 Å². The van der Waals surface area contributed by atoms with Gasteiger partial charge in [-0.3, -0.25) is 10.1 Å². The topological polar surface area (TPSA) is 128 Å². The summed E-state index contributed by atoms with van der Waals surface area (Å²) in [6, 6.07) is 15.8. The van der Waals surface area contributed by atoms with Crippen LogP contribution >= 0.6 is 0 Å². The van der Waals surface area contributed by atoms with Gasteiger partial charge >= 0.3 is 0 Å². The van der Waals surface area contributed by atoms with Crippen LogP contribution in [0.3, 0.4) is 0 Å². The summed E-state index contributed by atoms with van der Waals surface area (Å²) in [5.41, 5.74) is 7.09. The highest BCUT2D eigenvalue weighted by Crippen LogP contribution is 2.32. The molecule has 35 heavy (non-hydrogen) atoms. The summed E-state index contributed by atoms with van der Waals surface area (Å²) in [5, 5.41) is 21.1. The zero-order valence-corrected chi connectivity index (χ0v) is 18.9.